The Labute approximate surface area is 133 Å². The standard InChI is InChI=1S/C16H21F3N2O2/c1-11(12-6-8-20-9-7-12)10-15(22)21-13-4-2-3-5-14(13)23-16(17,18)19/h2-5,11-12,20H,6-10H2,1H3,(H,21,22). The van der Waals surface area contributed by atoms with E-state index < -0.39 is 12.1 Å². The Bertz CT molecular complexity index is 528. The fourth-order valence-electron chi connectivity index (χ4n) is 2.86. The first-order valence-corrected chi connectivity index (χ1v) is 7.70. The van der Waals surface area contributed by atoms with Crippen molar-refractivity contribution >= 4 is 11.6 Å². The van der Waals surface area contributed by atoms with Crippen LogP contribution in [0, 0.1) is 11.8 Å². The lowest BCUT2D eigenvalue weighted by molar-refractivity contribution is -0.274. The molecule has 2 N–H and O–H groups in total. The number of carbonyl (C=O) groups is 1. The van der Waals surface area contributed by atoms with Crippen molar-refractivity contribution in [3.63, 3.8) is 0 Å². The van der Waals surface area contributed by atoms with Crippen LogP contribution < -0.4 is 15.4 Å². The zero-order valence-corrected chi connectivity index (χ0v) is 13.0. The average Bonchev–Trinajstić information content (AvgIpc) is 2.48. The van der Waals surface area contributed by atoms with Crippen LogP contribution in [0.15, 0.2) is 24.3 Å². The predicted octanol–water partition coefficient (Wildman–Crippen LogP) is 3.55. The molecule has 0 bridgehead atoms. The normalized spacial score (nSPS) is 17.6. The van der Waals surface area contributed by atoms with Crippen LogP contribution >= 0.6 is 0 Å². The van der Waals surface area contributed by atoms with Crippen molar-refractivity contribution in [2.24, 2.45) is 11.8 Å². The van der Waals surface area contributed by atoms with Gasteiger partial charge in [0.2, 0.25) is 5.91 Å². The summed E-state index contributed by atoms with van der Waals surface area (Å²) in [6.45, 7) is 3.89. The minimum Gasteiger partial charge on any atom is -0.404 e. The molecule has 1 amide bonds. The zero-order valence-electron chi connectivity index (χ0n) is 13.0. The molecule has 1 aromatic carbocycles. The first-order valence-electron chi connectivity index (χ1n) is 7.70. The lowest BCUT2D eigenvalue weighted by Crippen LogP contribution is -2.32. The van der Waals surface area contributed by atoms with E-state index in [9.17, 15) is 18.0 Å². The molecule has 1 fully saturated rings. The lowest BCUT2D eigenvalue weighted by atomic mass is 9.84. The van der Waals surface area contributed by atoms with Gasteiger partial charge in [-0.05, 0) is 49.9 Å². The van der Waals surface area contributed by atoms with Crippen LogP contribution in [-0.2, 0) is 4.79 Å². The average molecular weight is 330 g/mol. The van der Waals surface area contributed by atoms with Gasteiger partial charge in [-0.3, -0.25) is 4.79 Å². The minimum atomic E-state index is -4.79. The number of hydrogen-bond acceptors (Lipinski definition) is 3. The number of rotatable bonds is 5. The highest BCUT2D eigenvalue weighted by Crippen LogP contribution is 2.31. The molecule has 0 aromatic heterocycles. The van der Waals surface area contributed by atoms with Crippen LogP contribution in [0.3, 0.4) is 0 Å². The van der Waals surface area contributed by atoms with Gasteiger partial charge < -0.3 is 15.4 Å². The van der Waals surface area contributed by atoms with Gasteiger partial charge in [0, 0.05) is 6.42 Å². The molecule has 0 radical (unpaired) electrons. The summed E-state index contributed by atoms with van der Waals surface area (Å²) in [7, 11) is 0. The number of alkyl halides is 3. The molecule has 1 aliphatic rings. The molecule has 0 spiro atoms. The fraction of sp³-hybridized carbons (Fsp3) is 0.562. The third kappa shape index (κ3) is 5.74. The van der Waals surface area contributed by atoms with Gasteiger partial charge in [-0.1, -0.05) is 19.1 Å². The number of nitrogens with one attached hydrogen (secondary N) is 2. The Morgan fingerprint density at radius 1 is 1.35 bits per heavy atom. The highest BCUT2D eigenvalue weighted by molar-refractivity contribution is 5.92. The van der Waals surface area contributed by atoms with Crippen molar-refractivity contribution in [3.8, 4) is 5.75 Å². The number of amides is 1. The van der Waals surface area contributed by atoms with Crippen LogP contribution in [0.5, 0.6) is 5.75 Å². The van der Waals surface area contributed by atoms with Crippen LogP contribution in [0.25, 0.3) is 0 Å². The minimum absolute atomic E-state index is 0.0346. The molecule has 128 valence electrons. The third-order valence-electron chi connectivity index (χ3n) is 4.08. The topological polar surface area (TPSA) is 50.4 Å². The van der Waals surface area contributed by atoms with Crippen molar-refractivity contribution in [2.75, 3.05) is 18.4 Å². The number of piperidine rings is 1. The summed E-state index contributed by atoms with van der Waals surface area (Å²) in [6.07, 6.45) is -2.47. The van der Waals surface area contributed by atoms with Crippen LogP contribution in [0.4, 0.5) is 18.9 Å². The summed E-state index contributed by atoms with van der Waals surface area (Å²) in [5.74, 6) is -0.0476. The first kappa shape index (κ1) is 17.6. The highest BCUT2D eigenvalue weighted by atomic mass is 19.4. The first-order chi connectivity index (χ1) is 10.8. The lowest BCUT2D eigenvalue weighted by Gasteiger charge is -2.28. The molecular weight excluding hydrogens is 309 g/mol. The van der Waals surface area contributed by atoms with E-state index in [-0.39, 0.29) is 23.9 Å². The van der Waals surface area contributed by atoms with Gasteiger partial charge >= 0.3 is 6.36 Å². The molecule has 7 heteroatoms. The highest BCUT2D eigenvalue weighted by Gasteiger charge is 2.32. The molecule has 1 aliphatic heterocycles. The monoisotopic (exact) mass is 330 g/mol. The maximum atomic E-state index is 12.4. The van der Waals surface area contributed by atoms with Crippen molar-refractivity contribution in [3.05, 3.63) is 24.3 Å². The summed E-state index contributed by atoms with van der Waals surface area (Å²) in [6, 6.07) is 5.55. The zero-order chi connectivity index (χ0) is 16.9. The van der Waals surface area contributed by atoms with Crippen LogP contribution in [-0.4, -0.2) is 25.4 Å². The molecule has 1 atom stereocenters. The molecule has 2 rings (SSSR count). The number of carbonyl (C=O) groups excluding carboxylic acids is 1. The van der Waals surface area contributed by atoms with E-state index in [1.54, 1.807) is 6.07 Å². The summed E-state index contributed by atoms with van der Waals surface area (Å²) in [5, 5.41) is 5.79. The number of para-hydroxylation sites is 2. The molecule has 1 unspecified atom stereocenters. The SMILES string of the molecule is CC(CC(=O)Nc1ccccc1OC(F)(F)F)C1CCNCC1. The smallest absolute Gasteiger partial charge is 0.404 e. The van der Waals surface area contributed by atoms with Gasteiger partial charge in [0.25, 0.3) is 0 Å². The second-order valence-electron chi connectivity index (χ2n) is 5.86. The second-order valence-corrected chi connectivity index (χ2v) is 5.86. The number of halogens is 3. The molecular formula is C16H21F3N2O2. The molecule has 1 aromatic rings. The van der Waals surface area contributed by atoms with Gasteiger partial charge in [-0.2, -0.15) is 0 Å². The molecule has 4 nitrogen and oxygen atoms in total. The van der Waals surface area contributed by atoms with Crippen molar-refractivity contribution < 1.29 is 22.7 Å². The van der Waals surface area contributed by atoms with E-state index in [1.165, 1.54) is 18.2 Å². The maximum absolute atomic E-state index is 12.4. The summed E-state index contributed by atoms with van der Waals surface area (Å²) in [4.78, 5) is 12.1. The largest absolute Gasteiger partial charge is 0.573 e. The third-order valence-corrected chi connectivity index (χ3v) is 4.08. The second kappa shape index (κ2) is 7.68. The van der Waals surface area contributed by atoms with E-state index in [1.807, 2.05) is 6.92 Å². The molecule has 1 heterocycles. The Morgan fingerprint density at radius 2 is 2.00 bits per heavy atom. The maximum Gasteiger partial charge on any atom is 0.573 e. The molecule has 0 aliphatic carbocycles. The van der Waals surface area contributed by atoms with Gasteiger partial charge in [0.15, 0.2) is 5.75 Å². The number of ether oxygens (including phenoxy) is 1. The Morgan fingerprint density at radius 3 is 2.65 bits per heavy atom. The predicted molar refractivity (Wildman–Crippen MR) is 81.1 cm³/mol. The Balaban J connectivity index is 1.94. The summed E-state index contributed by atoms with van der Waals surface area (Å²) in [5.41, 5.74) is 0.0346. The van der Waals surface area contributed by atoms with Crippen LogP contribution in [0.2, 0.25) is 0 Å². The molecule has 23 heavy (non-hydrogen) atoms. The molecule has 1 saturated heterocycles. The van der Waals surface area contributed by atoms with Gasteiger partial charge in [-0.15, -0.1) is 13.2 Å². The molecule has 0 saturated carbocycles. The van der Waals surface area contributed by atoms with Gasteiger partial charge in [-0.25, -0.2) is 0 Å². The van der Waals surface area contributed by atoms with E-state index in [0.717, 1.165) is 25.9 Å². The van der Waals surface area contributed by atoms with Crippen molar-refractivity contribution in [1.82, 2.24) is 5.32 Å². The fourth-order valence-corrected chi connectivity index (χ4v) is 2.86. The number of benzene rings is 1. The summed E-state index contributed by atoms with van der Waals surface area (Å²) >= 11 is 0. The van der Waals surface area contributed by atoms with E-state index in [4.69, 9.17) is 0 Å². The summed E-state index contributed by atoms with van der Waals surface area (Å²) < 4.78 is 41.0. The Hall–Kier alpha value is -1.76. The van der Waals surface area contributed by atoms with Crippen molar-refractivity contribution in [2.45, 2.75) is 32.5 Å². The van der Waals surface area contributed by atoms with Crippen LogP contribution in [0.1, 0.15) is 26.2 Å². The number of hydrogen-bond donors (Lipinski definition) is 2. The van der Waals surface area contributed by atoms with E-state index in [2.05, 4.69) is 15.4 Å². The van der Waals surface area contributed by atoms with Crippen molar-refractivity contribution in [1.29, 1.82) is 0 Å². The number of anilines is 1. The quantitative estimate of drug-likeness (QED) is 0.868. The van der Waals surface area contributed by atoms with Gasteiger partial charge in [0.1, 0.15) is 0 Å². The van der Waals surface area contributed by atoms with E-state index >= 15 is 0 Å². The Kier molecular flexibility index (Phi) is 5.87. The van der Waals surface area contributed by atoms with Gasteiger partial charge in [0.05, 0.1) is 5.69 Å². The van der Waals surface area contributed by atoms with E-state index in [0.29, 0.717) is 5.92 Å².